The van der Waals surface area contributed by atoms with Gasteiger partial charge in [0.2, 0.25) is 11.8 Å². The molecule has 0 radical (unpaired) electrons. The molecule has 0 atom stereocenters. The number of carbonyl (C=O) groups excluding carboxylic acids is 1. The zero-order valence-electron chi connectivity index (χ0n) is 13.4. The van der Waals surface area contributed by atoms with E-state index in [1.165, 1.54) is 0 Å². The first-order chi connectivity index (χ1) is 11.0. The summed E-state index contributed by atoms with van der Waals surface area (Å²) in [5, 5.41) is 2.82. The van der Waals surface area contributed by atoms with E-state index in [-0.39, 0.29) is 5.91 Å². The van der Waals surface area contributed by atoms with Crippen molar-refractivity contribution in [3.63, 3.8) is 0 Å². The van der Waals surface area contributed by atoms with E-state index < -0.39 is 0 Å². The first-order valence-electron chi connectivity index (χ1n) is 7.45. The molecule has 1 heterocycles. The second-order valence-electron chi connectivity index (χ2n) is 5.78. The lowest BCUT2D eigenvalue weighted by Gasteiger charge is -2.01. The molecule has 1 aromatic heterocycles. The highest BCUT2D eigenvalue weighted by Gasteiger charge is 2.09. The van der Waals surface area contributed by atoms with E-state index in [4.69, 9.17) is 4.42 Å². The van der Waals surface area contributed by atoms with E-state index in [0.29, 0.717) is 17.2 Å². The molecule has 1 amide bonds. The standard InChI is InChI=1S/C19H18N2O2/c1-12(2)9-18(22)20-15-7-8-16-17(11-15)23-19(21-16)14-6-4-5-13(3)10-14/h4-11H,1-3H3,(H,20,22). The van der Waals surface area contributed by atoms with Crippen LogP contribution in [0.15, 0.2) is 58.5 Å². The molecule has 0 unspecified atom stereocenters. The minimum Gasteiger partial charge on any atom is -0.436 e. The van der Waals surface area contributed by atoms with Gasteiger partial charge in [0, 0.05) is 23.4 Å². The molecule has 3 aromatic rings. The fourth-order valence-corrected chi connectivity index (χ4v) is 2.34. The number of allylic oxidation sites excluding steroid dienone is 1. The van der Waals surface area contributed by atoms with Gasteiger partial charge in [0.15, 0.2) is 5.58 Å². The molecule has 0 saturated heterocycles. The monoisotopic (exact) mass is 306 g/mol. The number of benzene rings is 2. The lowest BCUT2D eigenvalue weighted by Crippen LogP contribution is -2.08. The van der Waals surface area contributed by atoms with Crippen LogP contribution in [0.2, 0.25) is 0 Å². The van der Waals surface area contributed by atoms with Crippen LogP contribution in [-0.4, -0.2) is 10.9 Å². The number of anilines is 1. The Morgan fingerprint density at radius 1 is 1.17 bits per heavy atom. The van der Waals surface area contributed by atoms with Crippen LogP contribution in [0.1, 0.15) is 19.4 Å². The summed E-state index contributed by atoms with van der Waals surface area (Å²) in [6.07, 6.45) is 1.56. The van der Waals surface area contributed by atoms with Gasteiger partial charge >= 0.3 is 0 Å². The van der Waals surface area contributed by atoms with Crippen LogP contribution < -0.4 is 5.32 Å². The van der Waals surface area contributed by atoms with E-state index in [2.05, 4.69) is 10.3 Å². The van der Waals surface area contributed by atoms with E-state index in [0.717, 1.165) is 22.2 Å². The van der Waals surface area contributed by atoms with E-state index in [9.17, 15) is 4.79 Å². The lowest BCUT2D eigenvalue weighted by molar-refractivity contribution is -0.111. The zero-order valence-corrected chi connectivity index (χ0v) is 13.4. The van der Waals surface area contributed by atoms with Gasteiger partial charge in [-0.2, -0.15) is 0 Å². The van der Waals surface area contributed by atoms with Crippen LogP contribution >= 0.6 is 0 Å². The van der Waals surface area contributed by atoms with Crippen LogP contribution in [0, 0.1) is 6.92 Å². The maximum absolute atomic E-state index is 11.8. The zero-order chi connectivity index (χ0) is 16.4. The molecule has 2 aromatic carbocycles. The van der Waals surface area contributed by atoms with Crippen molar-refractivity contribution < 1.29 is 9.21 Å². The predicted molar refractivity (Wildman–Crippen MR) is 92.2 cm³/mol. The summed E-state index contributed by atoms with van der Waals surface area (Å²) in [4.78, 5) is 16.3. The van der Waals surface area contributed by atoms with Gasteiger partial charge < -0.3 is 9.73 Å². The van der Waals surface area contributed by atoms with Crippen molar-refractivity contribution in [2.24, 2.45) is 0 Å². The Labute approximate surface area is 134 Å². The predicted octanol–water partition coefficient (Wildman–Crippen LogP) is 4.71. The van der Waals surface area contributed by atoms with Gasteiger partial charge in [-0.3, -0.25) is 4.79 Å². The molecule has 3 rings (SSSR count). The second-order valence-corrected chi connectivity index (χ2v) is 5.78. The van der Waals surface area contributed by atoms with Crippen molar-refractivity contribution in [2.45, 2.75) is 20.8 Å². The topological polar surface area (TPSA) is 55.1 Å². The second kappa shape index (κ2) is 6.08. The summed E-state index contributed by atoms with van der Waals surface area (Å²) in [6.45, 7) is 5.80. The van der Waals surface area contributed by atoms with Gasteiger partial charge in [0.25, 0.3) is 0 Å². The minimum atomic E-state index is -0.150. The Bertz CT molecular complexity index is 903. The Kier molecular flexibility index (Phi) is 3.98. The molecule has 0 bridgehead atoms. The van der Waals surface area contributed by atoms with E-state index in [1.54, 1.807) is 12.1 Å². The molecule has 0 aliphatic rings. The van der Waals surface area contributed by atoms with E-state index >= 15 is 0 Å². The number of oxazole rings is 1. The summed E-state index contributed by atoms with van der Waals surface area (Å²) >= 11 is 0. The number of hydrogen-bond donors (Lipinski definition) is 1. The van der Waals surface area contributed by atoms with Gasteiger partial charge in [-0.1, -0.05) is 23.3 Å². The molecule has 0 spiro atoms. The normalized spacial score (nSPS) is 10.6. The first-order valence-corrected chi connectivity index (χ1v) is 7.45. The Balaban J connectivity index is 1.92. The number of aryl methyl sites for hydroxylation is 1. The highest BCUT2D eigenvalue weighted by molar-refractivity contribution is 6.00. The van der Waals surface area contributed by atoms with Crippen molar-refractivity contribution in [2.75, 3.05) is 5.32 Å². The maximum atomic E-state index is 11.8. The maximum Gasteiger partial charge on any atom is 0.248 e. The molecule has 1 N–H and O–H groups in total. The van der Waals surface area contributed by atoms with Gasteiger partial charge in [-0.15, -0.1) is 0 Å². The van der Waals surface area contributed by atoms with Crippen LogP contribution in [0.3, 0.4) is 0 Å². The number of amides is 1. The Morgan fingerprint density at radius 2 is 2.00 bits per heavy atom. The molecule has 0 aliphatic heterocycles. The fourth-order valence-electron chi connectivity index (χ4n) is 2.34. The molecule has 0 aliphatic carbocycles. The van der Waals surface area contributed by atoms with E-state index in [1.807, 2.05) is 57.2 Å². The van der Waals surface area contributed by atoms with Gasteiger partial charge in [0.05, 0.1) is 0 Å². The average Bonchev–Trinajstić information content (AvgIpc) is 2.89. The molecule has 4 nitrogen and oxygen atoms in total. The third kappa shape index (κ3) is 3.48. The molecular formula is C19H18N2O2. The smallest absolute Gasteiger partial charge is 0.248 e. The average molecular weight is 306 g/mol. The van der Waals surface area contributed by atoms with Crippen LogP contribution in [0.4, 0.5) is 5.69 Å². The van der Waals surface area contributed by atoms with Gasteiger partial charge in [0.1, 0.15) is 5.52 Å². The van der Waals surface area contributed by atoms with Crippen LogP contribution in [0.25, 0.3) is 22.6 Å². The molecular weight excluding hydrogens is 288 g/mol. The number of rotatable bonds is 3. The SMILES string of the molecule is CC(C)=CC(=O)Nc1ccc2nc(-c3cccc(C)c3)oc2c1. The summed E-state index contributed by atoms with van der Waals surface area (Å²) in [5.74, 6) is 0.430. The highest BCUT2D eigenvalue weighted by atomic mass is 16.3. The summed E-state index contributed by atoms with van der Waals surface area (Å²) < 4.78 is 5.83. The third-order valence-electron chi connectivity index (χ3n) is 3.34. The number of carbonyl (C=O) groups is 1. The van der Waals surface area contributed by atoms with Gasteiger partial charge in [-0.25, -0.2) is 4.98 Å². The number of nitrogens with one attached hydrogen (secondary N) is 1. The van der Waals surface area contributed by atoms with Crippen molar-refractivity contribution in [3.8, 4) is 11.5 Å². The summed E-state index contributed by atoms with van der Waals surface area (Å²) in [6, 6.07) is 13.5. The Hall–Kier alpha value is -2.88. The molecule has 4 heteroatoms. The molecule has 0 fully saturated rings. The largest absolute Gasteiger partial charge is 0.436 e. The van der Waals surface area contributed by atoms with Crippen LogP contribution in [0.5, 0.6) is 0 Å². The summed E-state index contributed by atoms with van der Waals surface area (Å²) in [7, 11) is 0. The van der Waals surface area contributed by atoms with Crippen molar-refractivity contribution in [1.82, 2.24) is 4.98 Å². The minimum absolute atomic E-state index is 0.150. The van der Waals surface area contributed by atoms with Crippen LogP contribution in [-0.2, 0) is 4.79 Å². The Morgan fingerprint density at radius 3 is 2.74 bits per heavy atom. The molecule has 23 heavy (non-hydrogen) atoms. The highest BCUT2D eigenvalue weighted by Crippen LogP contribution is 2.26. The number of hydrogen-bond acceptors (Lipinski definition) is 3. The van der Waals surface area contributed by atoms with Crippen molar-refractivity contribution in [1.29, 1.82) is 0 Å². The van der Waals surface area contributed by atoms with Crippen molar-refractivity contribution >= 4 is 22.7 Å². The molecule has 116 valence electrons. The number of aromatic nitrogens is 1. The number of nitrogens with zero attached hydrogens (tertiary/aromatic N) is 1. The lowest BCUT2D eigenvalue weighted by atomic mass is 10.1. The summed E-state index contributed by atoms with van der Waals surface area (Å²) in [5.41, 5.74) is 5.14. The first kappa shape index (κ1) is 15.0. The quantitative estimate of drug-likeness (QED) is 0.713. The van der Waals surface area contributed by atoms with Crippen molar-refractivity contribution in [3.05, 3.63) is 59.7 Å². The number of fused-ring (bicyclic) bond motifs is 1. The fraction of sp³-hybridized carbons (Fsp3) is 0.158. The van der Waals surface area contributed by atoms with Gasteiger partial charge in [-0.05, 0) is 45.0 Å². The molecule has 0 saturated carbocycles. The third-order valence-corrected chi connectivity index (χ3v) is 3.34.